The van der Waals surface area contributed by atoms with Gasteiger partial charge in [0.05, 0.1) is 12.2 Å². The lowest BCUT2D eigenvalue weighted by Crippen LogP contribution is -2.10. The molecule has 0 aromatic heterocycles. The van der Waals surface area contributed by atoms with Gasteiger partial charge in [0.1, 0.15) is 0 Å². The van der Waals surface area contributed by atoms with Crippen LogP contribution in [-0.2, 0) is 4.74 Å². The Balaban J connectivity index is 1.94. The van der Waals surface area contributed by atoms with Crippen LogP contribution in [0.1, 0.15) is 25.7 Å². The lowest BCUT2D eigenvalue weighted by molar-refractivity contribution is 0.0543. The van der Waals surface area contributed by atoms with Crippen LogP contribution < -0.4 is 0 Å². The van der Waals surface area contributed by atoms with Crippen molar-refractivity contribution in [2.45, 2.75) is 37.9 Å². The Hall–Kier alpha value is 0.440. The third-order valence-electron chi connectivity index (χ3n) is 2.69. The van der Waals surface area contributed by atoms with Crippen molar-refractivity contribution in [3.05, 3.63) is 0 Å². The fourth-order valence-electron chi connectivity index (χ4n) is 2.19. The summed E-state index contributed by atoms with van der Waals surface area (Å²) in [6.45, 7) is 0. The monoisotopic (exact) mass is 204 g/mol. The Bertz CT molecular complexity index is 114. The van der Waals surface area contributed by atoms with E-state index in [0.717, 1.165) is 11.2 Å². The predicted molar refractivity (Wildman–Crippen MR) is 44.4 cm³/mol. The molecule has 2 rings (SSSR count). The second kappa shape index (κ2) is 2.82. The molecule has 0 aromatic carbocycles. The van der Waals surface area contributed by atoms with E-state index in [1.54, 1.807) is 0 Å². The summed E-state index contributed by atoms with van der Waals surface area (Å²) in [5.74, 6) is 0.905. The molecule has 0 radical (unpaired) electrons. The summed E-state index contributed by atoms with van der Waals surface area (Å²) in [5.41, 5.74) is 0. The molecule has 1 aliphatic carbocycles. The van der Waals surface area contributed by atoms with Crippen LogP contribution in [-0.4, -0.2) is 17.5 Å². The standard InChI is InChI=1S/C8H13BrO/c9-5-7-4-6-2-1-3-8(6)10-7/h6-8H,1-5H2/t6-,7?,8+/m1/s1. The molecule has 1 unspecified atom stereocenters. The normalized spacial score (nSPS) is 45.9. The molecule has 1 saturated carbocycles. The van der Waals surface area contributed by atoms with Gasteiger partial charge in [0.2, 0.25) is 0 Å². The van der Waals surface area contributed by atoms with E-state index < -0.39 is 0 Å². The molecule has 0 bridgehead atoms. The minimum atomic E-state index is 0.523. The van der Waals surface area contributed by atoms with Crippen molar-refractivity contribution in [2.24, 2.45) is 5.92 Å². The van der Waals surface area contributed by atoms with Crippen molar-refractivity contribution in [2.75, 3.05) is 5.33 Å². The highest BCUT2D eigenvalue weighted by Gasteiger charge is 2.37. The molecule has 2 aliphatic rings. The quantitative estimate of drug-likeness (QED) is 0.597. The van der Waals surface area contributed by atoms with Crippen molar-refractivity contribution in [1.29, 1.82) is 0 Å². The lowest BCUT2D eigenvalue weighted by Gasteiger charge is -2.07. The second-order valence-corrected chi connectivity index (χ2v) is 4.03. The maximum absolute atomic E-state index is 5.79. The molecule has 1 heterocycles. The summed E-state index contributed by atoms with van der Waals surface area (Å²) in [7, 11) is 0. The van der Waals surface area contributed by atoms with E-state index in [9.17, 15) is 0 Å². The highest BCUT2D eigenvalue weighted by molar-refractivity contribution is 9.09. The number of hydrogen-bond acceptors (Lipinski definition) is 1. The first-order chi connectivity index (χ1) is 4.90. The SMILES string of the molecule is BrCC1C[C@H]2CCC[C@@H]2O1. The van der Waals surface area contributed by atoms with Gasteiger partial charge in [0.15, 0.2) is 0 Å². The van der Waals surface area contributed by atoms with Crippen LogP contribution in [0.3, 0.4) is 0 Å². The Morgan fingerprint density at radius 2 is 2.30 bits per heavy atom. The third kappa shape index (κ3) is 1.12. The van der Waals surface area contributed by atoms with Crippen molar-refractivity contribution in [3.63, 3.8) is 0 Å². The van der Waals surface area contributed by atoms with Crippen LogP contribution in [0.5, 0.6) is 0 Å². The van der Waals surface area contributed by atoms with Gasteiger partial charge in [0.25, 0.3) is 0 Å². The van der Waals surface area contributed by atoms with Gasteiger partial charge in [-0.2, -0.15) is 0 Å². The van der Waals surface area contributed by atoms with Crippen molar-refractivity contribution in [3.8, 4) is 0 Å². The molecule has 10 heavy (non-hydrogen) atoms. The average Bonchev–Trinajstić information content (AvgIpc) is 2.42. The van der Waals surface area contributed by atoms with Crippen LogP contribution >= 0.6 is 15.9 Å². The largest absolute Gasteiger partial charge is 0.374 e. The summed E-state index contributed by atoms with van der Waals surface area (Å²) in [6, 6.07) is 0. The highest BCUT2D eigenvalue weighted by atomic mass is 79.9. The molecule has 0 aromatic rings. The van der Waals surface area contributed by atoms with Crippen molar-refractivity contribution < 1.29 is 4.74 Å². The highest BCUT2D eigenvalue weighted by Crippen LogP contribution is 2.39. The number of ether oxygens (including phenoxy) is 1. The zero-order valence-corrected chi connectivity index (χ0v) is 7.64. The first-order valence-electron chi connectivity index (χ1n) is 4.11. The number of fused-ring (bicyclic) bond motifs is 1. The number of hydrogen-bond donors (Lipinski definition) is 0. The average molecular weight is 205 g/mol. The zero-order chi connectivity index (χ0) is 6.97. The number of alkyl halides is 1. The van der Waals surface area contributed by atoms with Crippen LogP contribution in [0.15, 0.2) is 0 Å². The van der Waals surface area contributed by atoms with E-state index in [0.29, 0.717) is 12.2 Å². The maximum Gasteiger partial charge on any atom is 0.0679 e. The van der Waals surface area contributed by atoms with Gasteiger partial charge in [-0.15, -0.1) is 0 Å². The molecule has 3 atom stereocenters. The third-order valence-corrected chi connectivity index (χ3v) is 3.42. The van der Waals surface area contributed by atoms with Gasteiger partial charge in [-0.1, -0.05) is 22.4 Å². The van der Waals surface area contributed by atoms with Crippen molar-refractivity contribution in [1.82, 2.24) is 0 Å². The van der Waals surface area contributed by atoms with Gasteiger partial charge in [0, 0.05) is 5.33 Å². The Morgan fingerprint density at radius 3 is 3.00 bits per heavy atom. The topological polar surface area (TPSA) is 9.23 Å². The predicted octanol–water partition coefficient (Wildman–Crippen LogP) is 2.34. The zero-order valence-electron chi connectivity index (χ0n) is 6.05. The minimum absolute atomic E-state index is 0.523. The Morgan fingerprint density at radius 1 is 1.40 bits per heavy atom. The minimum Gasteiger partial charge on any atom is -0.374 e. The fourth-order valence-corrected chi connectivity index (χ4v) is 2.61. The van der Waals surface area contributed by atoms with Crippen LogP contribution in [0.4, 0.5) is 0 Å². The molecule has 1 aliphatic heterocycles. The van der Waals surface area contributed by atoms with Crippen molar-refractivity contribution >= 4 is 15.9 Å². The van der Waals surface area contributed by atoms with E-state index in [1.165, 1.54) is 25.7 Å². The molecule has 1 saturated heterocycles. The Labute approximate surface area is 70.3 Å². The van der Waals surface area contributed by atoms with E-state index in [4.69, 9.17) is 4.74 Å². The smallest absolute Gasteiger partial charge is 0.0679 e. The Kier molecular flexibility index (Phi) is 2.01. The van der Waals surface area contributed by atoms with Crippen LogP contribution in [0.25, 0.3) is 0 Å². The second-order valence-electron chi connectivity index (χ2n) is 3.38. The maximum atomic E-state index is 5.79. The van der Waals surface area contributed by atoms with E-state index in [-0.39, 0.29) is 0 Å². The first kappa shape index (κ1) is 7.11. The van der Waals surface area contributed by atoms with E-state index in [1.807, 2.05) is 0 Å². The van der Waals surface area contributed by atoms with Crippen LogP contribution in [0, 0.1) is 5.92 Å². The summed E-state index contributed by atoms with van der Waals surface area (Å²) in [4.78, 5) is 0. The summed E-state index contributed by atoms with van der Waals surface area (Å²) < 4.78 is 5.79. The first-order valence-corrected chi connectivity index (χ1v) is 5.23. The number of rotatable bonds is 1. The molecule has 2 fully saturated rings. The molecule has 0 spiro atoms. The molecular formula is C8H13BrO. The molecule has 1 nitrogen and oxygen atoms in total. The number of halogens is 1. The molecule has 0 amide bonds. The van der Waals surface area contributed by atoms with Gasteiger partial charge >= 0.3 is 0 Å². The molecular weight excluding hydrogens is 192 g/mol. The summed E-state index contributed by atoms with van der Waals surface area (Å²) in [6.07, 6.45) is 6.57. The van der Waals surface area contributed by atoms with Gasteiger partial charge in [-0.3, -0.25) is 0 Å². The summed E-state index contributed by atoms with van der Waals surface area (Å²) >= 11 is 3.46. The van der Waals surface area contributed by atoms with E-state index in [2.05, 4.69) is 15.9 Å². The summed E-state index contributed by atoms with van der Waals surface area (Å²) in [5, 5.41) is 1.03. The van der Waals surface area contributed by atoms with Gasteiger partial charge in [-0.25, -0.2) is 0 Å². The van der Waals surface area contributed by atoms with E-state index >= 15 is 0 Å². The van der Waals surface area contributed by atoms with Gasteiger partial charge in [-0.05, 0) is 25.2 Å². The molecule has 0 N–H and O–H groups in total. The molecule has 58 valence electrons. The lowest BCUT2D eigenvalue weighted by atomic mass is 10.0. The molecule has 2 heteroatoms. The van der Waals surface area contributed by atoms with Crippen LogP contribution in [0.2, 0.25) is 0 Å². The van der Waals surface area contributed by atoms with Gasteiger partial charge < -0.3 is 4.74 Å². The fraction of sp³-hybridized carbons (Fsp3) is 1.00.